The van der Waals surface area contributed by atoms with Gasteiger partial charge in [0, 0.05) is 32.6 Å². The fourth-order valence-electron chi connectivity index (χ4n) is 1.66. The number of hydrogen-bond donors (Lipinski definition) is 2. The van der Waals surface area contributed by atoms with Crippen molar-refractivity contribution in [1.82, 2.24) is 9.97 Å². The highest BCUT2D eigenvalue weighted by Gasteiger charge is 2.29. The molecule has 1 fully saturated rings. The van der Waals surface area contributed by atoms with E-state index in [0.29, 0.717) is 38.4 Å². The summed E-state index contributed by atoms with van der Waals surface area (Å²) in [5, 5.41) is 21.8. The summed E-state index contributed by atoms with van der Waals surface area (Å²) in [6, 6.07) is 1.90. The second kappa shape index (κ2) is 5.08. The zero-order chi connectivity index (χ0) is 12.1. The van der Waals surface area contributed by atoms with Gasteiger partial charge in [0.1, 0.15) is 11.9 Å². The summed E-state index contributed by atoms with van der Waals surface area (Å²) in [5.41, 5.74) is -0.464. The number of rotatable bonds is 3. The molecule has 0 spiro atoms. The van der Waals surface area contributed by atoms with Gasteiger partial charge >= 0.3 is 0 Å². The molecule has 6 heteroatoms. The minimum absolute atomic E-state index is 0.278. The van der Waals surface area contributed by atoms with Crippen LogP contribution in [-0.4, -0.2) is 40.4 Å². The van der Waals surface area contributed by atoms with E-state index < -0.39 is 5.60 Å². The molecule has 0 aliphatic carbocycles. The number of nitriles is 1. The van der Waals surface area contributed by atoms with Crippen molar-refractivity contribution in [2.45, 2.75) is 18.4 Å². The number of ether oxygens (including phenoxy) is 1. The normalized spacial score (nSPS) is 18.4. The maximum Gasteiger partial charge on any atom is 0.158 e. The Balaban J connectivity index is 1.90. The Hall–Kier alpha value is -1.71. The van der Waals surface area contributed by atoms with Gasteiger partial charge in [-0.2, -0.15) is 5.26 Å². The van der Waals surface area contributed by atoms with E-state index in [-0.39, 0.29) is 5.69 Å². The zero-order valence-corrected chi connectivity index (χ0v) is 9.39. The highest BCUT2D eigenvalue weighted by Crippen LogP contribution is 2.20. The first-order valence-electron chi connectivity index (χ1n) is 5.48. The van der Waals surface area contributed by atoms with Gasteiger partial charge in [-0.3, -0.25) is 0 Å². The number of nitrogens with one attached hydrogen (secondary N) is 1. The second-order valence-corrected chi connectivity index (χ2v) is 4.09. The minimum Gasteiger partial charge on any atom is -0.388 e. The van der Waals surface area contributed by atoms with Gasteiger partial charge in [-0.05, 0) is 0 Å². The summed E-state index contributed by atoms with van der Waals surface area (Å²) in [6.07, 6.45) is 4.12. The lowest BCUT2D eigenvalue weighted by molar-refractivity contribution is -0.0543. The molecule has 1 aliphatic heterocycles. The molecule has 0 unspecified atom stereocenters. The summed E-state index contributed by atoms with van der Waals surface area (Å²) < 4.78 is 5.20. The number of aliphatic hydroxyl groups is 1. The summed E-state index contributed by atoms with van der Waals surface area (Å²) in [4.78, 5) is 7.92. The molecule has 90 valence electrons. The lowest BCUT2D eigenvalue weighted by Gasteiger charge is -2.32. The van der Waals surface area contributed by atoms with Crippen molar-refractivity contribution in [2.75, 3.05) is 25.1 Å². The average Bonchev–Trinajstić information content (AvgIpc) is 2.38. The van der Waals surface area contributed by atoms with Crippen molar-refractivity contribution in [3.8, 4) is 6.07 Å². The predicted molar refractivity (Wildman–Crippen MR) is 60.2 cm³/mol. The Kier molecular flexibility index (Phi) is 3.52. The first-order valence-corrected chi connectivity index (χ1v) is 5.48. The van der Waals surface area contributed by atoms with Crippen LogP contribution in [0.2, 0.25) is 0 Å². The fraction of sp³-hybridized carbons (Fsp3) is 0.545. The van der Waals surface area contributed by atoms with Crippen LogP contribution < -0.4 is 5.32 Å². The third-order valence-electron chi connectivity index (χ3n) is 2.79. The van der Waals surface area contributed by atoms with Gasteiger partial charge in [0.05, 0.1) is 18.0 Å². The molecule has 2 N–H and O–H groups in total. The van der Waals surface area contributed by atoms with E-state index in [1.54, 1.807) is 0 Å². The van der Waals surface area contributed by atoms with Crippen LogP contribution in [0.1, 0.15) is 18.5 Å². The zero-order valence-electron chi connectivity index (χ0n) is 9.39. The largest absolute Gasteiger partial charge is 0.388 e. The van der Waals surface area contributed by atoms with Gasteiger partial charge in [-0.1, -0.05) is 0 Å². The van der Waals surface area contributed by atoms with E-state index in [4.69, 9.17) is 10.00 Å². The Labute approximate surface area is 99.3 Å². The quantitative estimate of drug-likeness (QED) is 0.781. The lowest BCUT2D eigenvalue weighted by Crippen LogP contribution is -2.42. The lowest BCUT2D eigenvalue weighted by atomic mass is 9.94. The maximum absolute atomic E-state index is 10.2. The van der Waals surface area contributed by atoms with Gasteiger partial charge in [0.15, 0.2) is 5.69 Å². The summed E-state index contributed by atoms with van der Waals surface area (Å²) >= 11 is 0. The monoisotopic (exact) mass is 234 g/mol. The Morgan fingerprint density at radius 2 is 2.18 bits per heavy atom. The van der Waals surface area contributed by atoms with Gasteiger partial charge in [0.2, 0.25) is 0 Å². The smallest absolute Gasteiger partial charge is 0.158 e. The summed E-state index contributed by atoms with van der Waals surface area (Å²) in [5.74, 6) is 0.559. The third kappa shape index (κ3) is 3.12. The molecule has 1 aromatic heterocycles. The Morgan fingerprint density at radius 1 is 1.41 bits per heavy atom. The first kappa shape index (κ1) is 11.8. The molecule has 17 heavy (non-hydrogen) atoms. The van der Waals surface area contributed by atoms with E-state index in [0.717, 1.165) is 0 Å². The molecule has 0 amide bonds. The molecular weight excluding hydrogens is 220 g/mol. The second-order valence-electron chi connectivity index (χ2n) is 4.09. The topological polar surface area (TPSA) is 91.1 Å². The molecule has 2 heterocycles. The van der Waals surface area contributed by atoms with Crippen molar-refractivity contribution in [2.24, 2.45) is 0 Å². The molecule has 0 aromatic carbocycles. The predicted octanol–water partition coefficient (Wildman–Crippen LogP) is 0.302. The molecular formula is C11H14N4O2. The highest BCUT2D eigenvalue weighted by molar-refractivity contribution is 5.33. The number of nitrogens with zero attached hydrogens (tertiary/aromatic N) is 3. The first-order chi connectivity index (χ1) is 8.22. The maximum atomic E-state index is 10.2. The molecule has 0 radical (unpaired) electrons. The number of hydrogen-bond acceptors (Lipinski definition) is 6. The van der Waals surface area contributed by atoms with Crippen LogP contribution in [-0.2, 0) is 4.74 Å². The van der Waals surface area contributed by atoms with E-state index in [1.165, 1.54) is 12.4 Å². The number of aromatic nitrogens is 2. The fourth-order valence-corrected chi connectivity index (χ4v) is 1.66. The molecule has 0 saturated carbocycles. The molecule has 1 aliphatic rings. The summed E-state index contributed by atoms with van der Waals surface area (Å²) in [6.45, 7) is 1.57. The van der Waals surface area contributed by atoms with Crippen molar-refractivity contribution in [3.63, 3.8) is 0 Å². The van der Waals surface area contributed by atoms with Gasteiger partial charge < -0.3 is 15.2 Å². The highest BCUT2D eigenvalue weighted by atomic mass is 16.5. The van der Waals surface area contributed by atoms with Crippen molar-refractivity contribution in [1.29, 1.82) is 5.26 Å². The van der Waals surface area contributed by atoms with Crippen LogP contribution in [0, 0.1) is 11.3 Å². The standard InChI is InChI=1S/C11H14N4O2/c12-5-9-6-14-10(7-13-9)15-8-11(16)1-3-17-4-2-11/h6-7,16H,1-4,8H2,(H,14,15). The van der Waals surface area contributed by atoms with Crippen LogP contribution in [0.3, 0.4) is 0 Å². The van der Waals surface area contributed by atoms with Gasteiger partial charge in [-0.15, -0.1) is 0 Å². The Morgan fingerprint density at radius 3 is 2.76 bits per heavy atom. The summed E-state index contributed by atoms with van der Waals surface area (Å²) in [7, 11) is 0. The van der Waals surface area contributed by atoms with Crippen molar-refractivity contribution in [3.05, 3.63) is 18.1 Å². The molecule has 1 aromatic rings. The molecule has 1 saturated heterocycles. The Bertz CT molecular complexity index is 406. The van der Waals surface area contributed by atoms with Crippen molar-refractivity contribution >= 4 is 5.82 Å². The number of anilines is 1. The average molecular weight is 234 g/mol. The van der Waals surface area contributed by atoms with Crippen LogP contribution in [0.5, 0.6) is 0 Å². The minimum atomic E-state index is -0.742. The van der Waals surface area contributed by atoms with Crippen LogP contribution in [0.15, 0.2) is 12.4 Å². The van der Waals surface area contributed by atoms with Gasteiger partial charge in [0.25, 0.3) is 0 Å². The van der Waals surface area contributed by atoms with Crippen LogP contribution in [0.25, 0.3) is 0 Å². The van der Waals surface area contributed by atoms with E-state index in [1.807, 2.05) is 6.07 Å². The molecule has 2 rings (SSSR count). The molecule has 0 bridgehead atoms. The molecule has 0 atom stereocenters. The molecule has 6 nitrogen and oxygen atoms in total. The third-order valence-corrected chi connectivity index (χ3v) is 2.79. The van der Waals surface area contributed by atoms with Gasteiger partial charge in [-0.25, -0.2) is 9.97 Å². The van der Waals surface area contributed by atoms with E-state index in [2.05, 4.69) is 15.3 Å². The SMILES string of the molecule is N#Cc1cnc(NCC2(O)CCOCC2)cn1. The van der Waals surface area contributed by atoms with E-state index >= 15 is 0 Å². The van der Waals surface area contributed by atoms with Crippen LogP contribution in [0.4, 0.5) is 5.82 Å². The van der Waals surface area contributed by atoms with Crippen LogP contribution >= 0.6 is 0 Å². The van der Waals surface area contributed by atoms with E-state index in [9.17, 15) is 5.11 Å². The van der Waals surface area contributed by atoms with Crippen molar-refractivity contribution < 1.29 is 9.84 Å².